The molecule has 2 N–H and O–H groups in total. The largest absolute Gasteiger partial charge is 0.374 e. The number of hydrogen-bond donors (Lipinski definition) is 2. The number of nitrogens with one attached hydrogen (secondary N) is 1. The molecule has 0 aliphatic rings. The number of imidazole rings is 1. The summed E-state index contributed by atoms with van der Waals surface area (Å²) in [5.74, 6) is 0. The van der Waals surface area contributed by atoms with E-state index in [0.29, 0.717) is 11.3 Å². The van der Waals surface area contributed by atoms with Crippen LogP contribution in [-0.2, 0) is 17.2 Å². The van der Waals surface area contributed by atoms with E-state index in [1.807, 2.05) is 92.2 Å². The molecule has 0 saturated carbocycles. The van der Waals surface area contributed by atoms with Crippen LogP contribution in [0.3, 0.4) is 0 Å². The van der Waals surface area contributed by atoms with Crippen LogP contribution in [0.25, 0.3) is 22.0 Å². The van der Waals surface area contributed by atoms with Crippen molar-refractivity contribution < 1.29 is 9.67 Å². The fourth-order valence-electron chi connectivity index (χ4n) is 4.69. The van der Waals surface area contributed by atoms with Crippen molar-refractivity contribution in [3.05, 3.63) is 125 Å². The molecule has 0 aliphatic carbocycles. The van der Waals surface area contributed by atoms with Crippen LogP contribution in [0.1, 0.15) is 30.2 Å². The smallest absolute Gasteiger partial charge is 0.251 e. The first kappa shape index (κ1) is 27.3. The Kier molecular flexibility index (Phi) is 8.15. The van der Waals surface area contributed by atoms with Crippen LogP contribution in [0.2, 0.25) is 0 Å². The van der Waals surface area contributed by atoms with Crippen LogP contribution in [0, 0.1) is 0 Å². The molecule has 3 aromatic carbocycles. The first-order valence-electron chi connectivity index (χ1n) is 12.7. The van der Waals surface area contributed by atoms with Gasteiger partial charge in [-0.25, -0.2) is 4.98 Å². The fraction of sp³-hybridized carbons (Fsp3) is 0.226. The number of rotatable bonds is 6. The van der Waals surface area contributed by atoms with Gasteiger partial charge in [0.2, 0.25) is 0 Å². The zero-order valence-electron chi connectivity index (χ0n) is 22.3. The summed E-state index contributed by atoms with van der Waals surface area (Å²) in [5.41, 5.74) is 3.07. The van der Waals surface area contributed by atoms with Crippen LogP contribution >= 0.6 is 7.14 Å². The molecular formula is C31H34N3O3P. The minimum Gasteiger partial charge on any atom is -0.374 e. The van der Waals surface area contributed by atoms with Gasteiger partial charge >= 0.3 is 0 Å². The molecule has 1 atom stereocenters. The molecule has 2 aromatic heterocycles. The number of aromatic amines is 1. The van der Waals surface area contributed by atoms with Crippen LogP contribution < -0.4 is 5.56 Å². The second kappa shape index (κ2) is 11.3. The normalized spacial score (nSPS) is 13.0. The van der Waals surface area contributed by atoms with E-state index < -0.39 is 12.7 Å². The molecule has 5 aromatic rings. The Bertz CT molecular complexity index is 1610. The molecule has 0 spiro atoms. The summed E-state index contributed by atoms with van der Waals surface area (Å²) in [7, 11) is 0.0956. The van der Waals surface area contributed by atoms with Gasteiger partial charge in [-0.2, -0.15) is 0 Å². The number of aromatic nitrogens is 3. The molecule has 196 valence electrons. The van der Waals surface area contributed by atoms with Crippen LogP contribution in [0.5, 0.6) is 0 Å². The predicted molar refractivity (Wildman–Crippen MR) is 156 cm³/mol. The Hall–Kier alpha value is -3.73. The highest BCUT2D eigenvalue weighted by Crippen LogP contribution is 2.38. The van der Waals surface area contributed by atoms with Gasteiger partial charge in [0.15, 0.2) is 5.60 Å². The first-order valence-corrected chi connectivity index (χ1v) is 15.4. The number of fused-ring (bicyclic) bond motifs is 1. The number of aryl methyl sites for hydroxylation is 1. The van der Waals surface area contributed by atoms with Crippen LogP contribution in [0.15, 0.2) is 102 Å². The van der Waals surface area contributed by atoms with Gasteiger partial charge in [-0.1, -0.05) is 73.7 Å². The highest BCUT2D eigenvalue weighted by Gasteiger charge is 2.35. The second-order valence-corrected chi connectivity index (χ2v) is 13.5. The van der Waals surface area contributed by atoms with Crippen molar-refractivity contribution in [3.63, 3.8) is 0 Å². The van der Waals surface area contributed by atoms with Gasteiger partial charge in [-0.15, -0.1) is 0 Å². The Labute approximate surface area is 223 Å². The Morgan fingerprint density at radius 1 is 0.947 bits per heavy atom. The van der Waals surface area contributed by atoms with E-state index in [0.717, 1.165) is 40.2 Å². The molecule has 2 heterocycles. The molecular weight excluding hydrogens is 493 g/mol. The van der Waals surface area contributed by atoms with Gasteiger partial charge in [0.05, 0.1) is 30.9 Å². The van der Waals surface area contributed by atoms with E-state index in [4.69, 9.17) is 0 Å². The monoisotopic (exact) mass is 527 g/mol. The second-order valence-electron chi connectivity index (χ2n) is 9.89. The SMILES string of the molecule is CCCP(C)(C)=O.Cn1c(=O)cc(-c2ccccc2)c2cc(C(O)(c3ccccc3)c3cnc[nH]3)ccc21. The summed E-state index contributed by atoms with van der Waals surface area (Å²) in [4.78, 5) is 19.8. The first-order chi connectivity index (χ1) is 18.1. The van der Waals surface area contributed by atoms with Crippen molar-refractivity contribution in [2.75, 3.05) is 19.5 Å². The van der Waals surface area contributed by atoms with Crippen LogP contribution in [-0.4, -0.2) is 39.1 Å². The Morgan fingerprint density at radius 3 is 2.16 bits per heavy atom. The van der Waals surface area contributed by atoms with Crippen molar-refractivity contribution in [1.82, 2.24) is 14.5 Å². The number of hydrogen-bond acceptors (Lipinski definition) is 4. The molecule has 0 fully saturated rings. The lowest BCUT2D eigenvalue weighted by Gasteiger charge is -2.29. The lowest BCUT2D eigenvalue weighted by Crippen LogP contribution is -2.29. The van der Waals surface area contributed by atoms with E-state index in [1.54, 1.807) is 30.2 Å². The molecule has 0 radical (unpaired) electrons. The van der Waals surface area contributed by atoms with Gasteiger partial charge in [0.25, 0.3) is 5.56 Å². The number of nitrogens with zero attached hydrogens (tertiary/aromatic N) is 2. The Morgan fingerprint density at radius 2 is 1.61 bits per heavy atom. The molecule has 5 rings (SSSR count). The topological polar surface area (TPSA) is 88.0 Å². The molecule has 0 bridgehead atoms. The van der Waals surface area contributed by atoms with E-state index in [-0.39, 0.29) is 5.56 Å². The molecule has 0 aliphatic heterocycles. The third kappa shape index (κ3) is 5.72. The van der Waals surface area contributed by atoms with Gasteiger partial charge in [-0.3, -0.25) is 4.79 Å². The summed E-state index contributed by atoms with van der Waals surface area (Å²) >= 11 is 0. The maximum Gasteiger partial charge on any atom is 0.251 e. The molecule has 38 heavy (non-hydrogen) atoms. The highest BCUT2D eigenvalue weighted by atomic mass is 31.2. The third-order valence-electron chi connectivity index (χ3n) is 6.59. The fourth-order valence-corrected chi connectivity index (χ4v) is 5.77. The number of benzene rings is 3. The maximum atomic E-state index is 12.6. The minimum atomic E-state index is -1.67. The summed E-state index contributed by atoms with van der Waals surface area (Å²) in [6.07, 6.45) is 5.14. The molecule has 7 heteroatoms. The van der Waals surface area contributed by atoms with Crippen molar-refractivity contribution in [2.45, 2.75) is 18.9 Å². The number of H-pyrrole nitrogens is 1. The minimum absolute atomic E-state index is 0.0778. The van der Waals surface area contributed by atoms with Gasteiger partial charge in [0.1, 0.15) is 0 Å². The van der Waals surface area contributed by atoms with E-state index in [1.165, 1.54) is 0 Å². The zero-order chi connectivity index (χ0) is 27.3. The Balaban J connectivity index is 0.000000426. The standard InChI is InChI=1S/C26H21N3O2.C5H13OP/c1-29-23-13-12-20(14-22(23)21(15-25(29)30)18-8-4-2-5-9-18)26(31,24-16-27-17-28-24)19-10-6-3-7-11-19;1-4-5-7(2,3)6/h2-17,31H,1H3,(H,27,28);4-5H2,1-3H3. The molecule has 0 saturated heterocycles. The van der Waals surface area contributed by atoms with Crippen molar-refractivity contribution >= 4 is 18.0 Å². The van der Waals surface area contributed by atoms with E-state index in [2.05, 4.69) is 16.9 Å². The number of pyridine rings is 1. The van der Waals surface area contributed by atoms with Crippen molar-refractivity contribution in [2.24, 2.45) is 7.05 Å². The lowest BCUT2D eigenvalue weighted by atomic mass is 9.82. The van der Waals surface area contributed by atoms with Crippen molar-refractivity contribution in [3.8, 4) is 11.1 Å². The quantitative estimate of drug-likeness (QED) is 0.256. The van der Waals surface area contributed by atoms with Gasteiger partial charge < -0.3 is 19.2 Å². The summed E-state index contributed by atoms with van der Waals surface area (Å²) in [5, 5.41) is 12.9. The molecule has 6 nitrogen and oxygen atoms in total. The average molecular weight is 528 g/mol. The maximum absolute atomic E-state index is 12.6. The molecule has 1 unspecified atom stereocenters. The highest BCUT2D eigenvalue weighted by molar-refractivity contribution is 7.62. The summed E-state index contributed by atoms with van der Waals surface area (Å²) in [6, 6.07) is 26.7. The van der Waals surface area contributed by atoms with Gasteiger partial charge in [-0.05, 0) is 54.1 Å². The zero-order valence-corrected chi connectivity index (χ0v) is 23.2. The van der Waals surface area contributed by atoms with E-state index in [9.17, 15) is 14.5 Å². The average Bonchev–Trinajstić information content (AvgIpc) is 3.46. The number of aliphatic hydroxyl groups is 1. The van der Waals surface area contributed by atoms with Gasteiger partial charge in [0, 0.05) is 24.7 Å². The lowest BCUT2D eigenvalue weighted by molar-refractivity contribution is 0.121. The van der Waals surface area contributed by atoms with Crippen molar-refractivity contribution in [1.29, 1.82) is 0 Å². The van der Waals surface area contributed by atoms with Crippen LogP contribution in [0.4, 0.5) is 0 Å². The summed E-state index contributed by atoms with van der Waals surface area (Å²) < 4.78 is 12.4. The third-order valence-corrected chi connectivity index (χ3v) is 8.11. The molecule has 0 amide bonds. The van der Waals surface area contributed by atoms with E-state index >= 15 is 0 Å². The predicted octanol–water partition coefficient (Wildman–Crippen LogP) is 6.23. The summed E-state index contributed by atoms with van der Waals surface area (Å²) in [6.45, 7) is 5.71.